The first-order valence-corrected chi connectivity index (χ1v) is 25.2. The third-order valence-electron chi connectivity index (χ3n) is 14.1. The Morgan fingerprint density at radius 3 is 1.78 bits per heavy atom. The van der Waals surface area contributed by atoms with Crippen molar-refractivity contribution >= 4 is 55.7 Å². The number of furan rings is 1. The number of nitrogens with zero attached hydrogens (tertiary/aromatic N) is 4. The van der Waals surface area contributed by atoms with Crippen LogP contribution in [0.5, 0.6) is 11.5 Å². The normalized spacial score (nSPS) is 13.3. The molecule has 372 valence electrons. The Hall–Kier alpha value is -6.88. The summed E-state index contributed by atoms with van der Waals surface area (Å²) in [5, 5.41) is 1.95. The zero-order valence-electron chi connectivity index (χ0n) is 44.0. The van der Waals surface area contributed by atoms with E-state index in [2.05, 4.69) is 250 Å². The number of hydrogen-bond donors (Lipinski definition) is 0. The van der Waals surface area contributed by atoms with Crippen LogP contribution in [0.3, 0.4) is 0 Å². The van der Waals surface area contributed by atoms with Gasteiger partial charge >= 0.3 is 0 Å². The van der Waals surface area contributed by atoms with E-state index in [4.69, 9.17) is 14.1 Å². The largest absolute Gasteiger partial charge is 0.509 e. The minimum absolute atomic E-state index is 0. The Bertz CT molecular complexity index is 3670. The number of pyridine rings is 1. The number of anilines is 4. The summed E-state index contributed by atoms with van der Waals surface area (Å²) in [6.45, 7) is 29.5. The fraction of sp³-hybridized carbons (Fsp3) is 0.242. The first-order valence-electron chi connectivity index (χ1n) is 25.2. The van der Waals surface area contributed by atoms with Crippen molar-refractivity contribution in [3.05, 3.63) is 199 Å². The molecule has 4 heterocycles. The van der Waals surface area contributed by atoms with Crippen molar-refractivity contribution in [2.24, 2.45) is 0 Å². The third kappa shape index (κ3) is 9.18. The fourth-order valence-corrected chi connectivity index (χ4v) is 9.95. The zero-order chi connectivity index (χ0) is 50.5. The zero-order valence-corrected chi connectivity index (χ0v) is 46.3. The number of fused-ring (bicyclic) bond motifs is 6. The molecule has 0 atom stereocenters. The Labute approximate surface area is 445 Å². The van der Waals surface area contributed by atoms with Crippen molar-refractivity contribution in [2.45, 2.75) is 105 Å². The van der Waals surface area contributed by atoms with Crippen molar-refractivity contribution in [3.63, 3.8) is 0 Å². The summed E-state index contributed by atoms with van der Waals surface area (Å²) in [4.78, 5) is 9.59. The van der Waals surface area contributed by atoms with Crippen LogP contribution in [0.15, 0.2) is 162 Å². The minimum atomic E-state index is -0.214. The summed E-state index contributed by atoms with van der Waals surface area (Å²) in [5.41, 5.74) is 16.7. The first-order chi connectivity index (χ1) is 34.2. The second kappa shape index (κ2) is 18.2. The molecular formula is C66H63N4O2Pt-3. The molecule has 1 aliphatic rings. The van der Waals surface area contributed by atoms with Crippen LogP contribution < -0.4 is 14.5 Å². The van der Waals surface area contributed by atoms with Crippen LogP contribution in [0, 0.1) is 18.8 Å². The second-order valence-corrected chi connectivity index (χ2v) is 23.5. The van der Waals surface area contributed by atoms with Crippen LogP contribution in [-0.2, 0) is 42.7 Å². The number of aromatic nitrogens is 2. The molecule has 0 spiro atoms. The number of benzene rings is 7. The molecule has 1 aliphatic heterocycles. The van der Waals surface area contributed by atoms with E-state index in [0.29, 0.717) is 11.5 Å². The SMILES string of the molecule is CC(C)(C)c1cc(Oc2[c-]c3c(cc2)c2oc4ccccc4c2n3-c2cc(C(C)(C)C)ccn2)[c-]c(N2[CH-]N(c3c(-c4ccccc4)cccc3-c3cc(C(C)(C)C)cc(C(C)(C)C)c3)c3ccccc32)c1.[Pt]. The van der Waals surface area contributed by atoms with Gasteiger partial charge in [0.1, 0.15) is 17.0 Å². The summed E-state index contributed by atoms with van der Waals surface area (Å²) in [6.07, 6.45) is 1.90. The molecule has 73 heavy (non-hydrogen) atoms. The van der Waals surface area contributed by atoms with Gasteiger partial charge in [-0.3, -0.25) is 0 Å². The molecule has 6 nitrogen and oxygen atoms in total. The van der Waals surface area contributed by atoms with E-state index in [-0.39, 0.29) is 42.7 Å². The maximum atomic E-state index is 6.95. The minimum Gasteiger partial charge on any atom is -0.509 e. The van der Waals surface area contributed by atoms with Gasteiger partial charge < -0.3 is 23.5 Å². The van der Waals surface area contributed by atoms with Gasteiger partial charge in [-0.25, -0.2) is 4.98 Å². The van der Waals surface area contributed by atoms with E-state index in [1.165, 1.54) is 22.3 Å². The molecule has 0 bridgehead atoms. The quantitative estimate of drug-likeness (QED) is 0.149. The van der Waals surface area contributed by atoms with E-state index >= 15 is 0 Å². The molecule has 0 unspecified atom stereocenters. The van der Waals surface area contributed by atoms with Crippen LogP contribution in [-0.4, -0.2) is 9.55 Å². The fourth-order valence-electron chi connectivity index (χ4n) is 9.95. The van der Waals surface area contributed by atoms with Crippen LogP contribution in [0.2, 0.25) is 0 Å². The molecule has 0 aliphatic carbocycles. The predicted molar refractivity (Wildman–Crippen MR) is 300 cm³/mol. The number of rotatable bonds is 7. The van der Waals surface area contributed by atoms with Gasteiger partial charge in [0.25, 0.3) is 0 Å². The maximum Gasteiger partial charge on any atom is 0.136 e. The molecule has 11 rings (SSSR count). The van der Waals surface area contributed by atoms with Crippen molar-refractivity contribution in [2.75, 3.05) is 9.80 Å². The molecule has 3 aromatic heterocycles. The Kier molecular flexibility index (Phi) is 12.4. The van der Waals surface area contributed by atoms with Gasteiger partial charge in [0.2, 0.25) is 0 Å². The maximum absolute atomic E-state index is 6.95. The van der Waals surface area contributed by atoms with Crippen LogP contribution in [0.25, 0.3) is 61.0 Å². The van der Waals surface area contributed by atoms with E-state index < -0.39 is 0 Å². The third-order valence-corrected chi connectivity index (χ3v) is 14.1. The Balaban J connectivity index is 0.00000611. The average Bonchev–Trinajstić information content (AvgIpc) is 4.02. The average molecular weight is 1140 g/mol. The second-order valence-electron chi connectivity index (χ2n) is 23.5. The van der Waals surface area contributed by atoms with E-state index in [9.17, 15) is 0 Å². The number of para-hydroxylation sites is 4. The molecular weight excluding hydrogens is 1080 g/mol. The van der Waals surface area contributed by atoms with Gasteiger partial charge in [0, 0.05) is 72.3 Å². The molecule has 0 fully saturated rings. The first kappa shape index (κ1) is 49.7. The smallest absolute Gasteiger partial charge is 0.136 e. The Morgan fingerprint density at radius 1 is 0.507 bits per heavy atom. The van der Waals surface area contributed by atoms with E-state index in [0.717, 1.165) is 83.8 Å². The predicted octanol–water partition coefficient (Wildman–Crippen LogP) is 18.2. The van der Waals surface area contributed by atoms with Crippen molar-refractivity contribution in [3.8, 4) is 39.6 Å². The molecule has 0 amide bonds. The Morgan fingerprint density at radius 2 is 1.11 bits per heavy atom. The van der Waals surface area contributed by atoms with E-state index in [1.807, 2.05) is 24.4 Å². The van der Waals surface area contributed by atoms with Gasteiger partial charge in [-0.05, 0) is 85.9 Å². The molecule has 0 radical (unpaired) electrons. The standard InChI is InChI=1S/C66H63N4O2.Pt/c1-63(2,3)44-31-32-67-59(38-44)70-57-40-49(29-30-53(57)62-61(70)54-23-16-19-28-58(54)72-62)71-50-37-47(66(10,11)12)36-48(39-50)68-41-69(56-27-18-17-26-55(56)68)60-51(42-21-14-13-15-22-42)24-20-25-52(60)43-33-45(64(4,5)6)35-46(34-43)65(7,8)9;/h13-38,41H,1-12H3;/q-3;. The van der Waals surface area contributed by atoms with Crippen molar-refractivity contribution < 1.29 is 30.2 Å². The van der Waals surface area contributed by atoms with Gasteiger partial charge in [-0.1, -0.05) is 185 Å². The number of hydrogen-bond acceptors (Lipinski definition) is 5. The van der Waals surface area contributed by atoms with Crippen molar-refractivity contribution in [1.82, 2.24) is 9.55 Å². The summed E-state index contributed by atoms with van der Waals surface area (Å²) in [5.74, 6) is 1.96. The summed E-state index contributed by atoms with van der Waals surface area (Å²) in [7, 11) is 0. The molecule has 0 N–H and O–H groups in total. The topological polar surface area (TPSA) is 46.7 Å². The number of ether oxygens (including phenoxy) is 1. The van der Waals surface area contributed by atoms with Gasteiger partial charge in [-0.2, -0.15) is 6.07 Å². The molecule has 0 saturated heterocycles. The molecule has 7 aromatic carbocycles. The van der Waals surface area contributed by atoms with Crippen molar-refractivity contribution in [1.29, 1.82) is 0 Å². The summed E-state index contributed by atoms with van der Waals surface area (Å²) >= 11 is 0. The van der Waals surface area contributed by atoms with Gasteiger partial charge in [-0.15, -0.1) is 48.3 Å². The summed E-state index contributed by atoms with van der Waals surface area (Å²) < 4.78 is 15.7. The monoisotopic (exact) mass is 1140 g/mol. The van der Waals surface area contributed by atoms with E-state index in [1.54, 1.807) is 0 Å². The van der Waals surface area contributed by atoms with Crippen LogP contribution >= 0.6 is 0 Å². The molecule has 7 heteroatoms. The van der Waals surface area contributed by atoms with Crippen LogP contribution in [0.1, 0.15) is 105 Å². The summed E-state index contributed by atoms with van der Waals surface area (Å²) in [6, 6.07) is 61.7. The molecule has 0 saturated carbocycles. The van der Waals surface area contributed by atoms with Gasteiger partial charge in [0.05, 0.1) is 5.52 Å². The van der Waals surface area contributed by atoms with Gasteiger partial charge in [0.15, 0.2) is 0 Å². The molecule has 10 aromatic rings. The van der Waals surface area contributed by atoms with Crippen LogP contribution in [0.4, 0.5) is 22.7 Å².